The first-order valence-electron chi connectivity index (χ1n) is 11.8. The third-order valence-electron chi connectivity index (χ3n) is 6.27. The number of esters is 1. The summed E-state index contributed by atoms with van der Waals surface area (Å²) in [6, 6.07) is 7.94. The van der Waals surface area contributed by atoms with Crippen molar-refractivity contribution in [2.45, 2.75) is 44.2 Å². The van der Waals surface area contributed by atoms with Gasteiger partial charge in [-0.2, -0.15) is 21.6 Å². The van der Waals surface area contributed by atoms with Gasteiger partial charge in [0.1, 0.15) is 5.60 Å². The molecule has 2 amide bonds. The Bertz CT molecular complexity index is 1680. The number of ether oxygens (including phenoxy) is 1. The molecule has 14 heteroatoms. The van der Waals surface area contributed by atoms with Crippen molar-refractivity contribution in [2.75, 3.05) is 0 Å². The number of carbonyl (C=O) groups is 4. The van der Waals surface area contributed by atoms with E-state index in [1.165, 1.54) is 43.3 Å². The van der Waals surface area contributed by atoms with Crippen LogP contribution in [0.2, 0.25) is 0 Å². The summed E-state index contributed by atoms with van der Waals surface area (Å²) in [6.45, 7) is 6.74. The first-order valence-corrected chi connectivity index (χ1v) is 13.2. The number of hydrogen-bond donors (Lipinski definition) is 1. The van der Waals surface area contributed by atoms with E-state index in [0.29, 0.717) is 5.56 Å². The molecule has 0 radical (unpaired) electrons. The molecule has 0 bridgehead atoms. The van der Waals surface area contributed by atoms with Crippen molar-refractivity contribution in [3.63, 3.8) is 0 Å². The van der Waals surface area contributed by atoms with E-state index in [1.54, 1.807) is 20.8 Å². The van der Waals surface area contributed by atoms with E-state index < -0.39 is 61.0 Å². The molecule has 216 valence electrons. The number of carbonyl (C=O) groups excluding carboxylic acids is 3. The highest BCUT2D eigenvalue weighted by molar-refractivity contribution is 7.87. The monoisotopic (exact) mass is 593 g/mol. The number of carboxylic acid groups (broad SMARTS) is 1. The summed E-state index contributed by atoms with van der Waals surface area (Å²) in [7, 11) is -6.40. The van der Waals surface area contributed by atoms with Crippen molar-refractivity contribution in [1.82, 2.24) is 5.06 Å². The first-order chi connectivity index (χ1) is 18.7. The number of aromatic carboxylic acids is 1. The van der Waals surface area contributed by atoms with Gasteiger partial charge in [0.25, 0.3) is 11.8 Å². The van der Waals surface area contributed by atoms with Crippen LogP contribution in [0.1, 0.15) is 75.5 Å². The van der Waals surface area contributed by atoms with E-state index in [2.05, 4.69) is 4.28 Å². The summed E-state index contributed by atoms with van der Waals surface area (Å²) in [6.07, 6.45) is 3.79. The van der Waals surface area contributed by atoms with Gasteiger partial charge in [-0.05, 0) is 59.9 Å². The molecule has 1 heterocycles. The zero-order chi connectivity index (χ0) is 30.7. The normalized spacial score (nSPS) is 18.9. The fourth-order valence-electron chi connectivity index (χ4n) is 4.16. The van der Waals surface area contributed by atoms with Crippen LogP contribution in [0.3, 0.4) is 0 Å². The van der Waals surface area contributed by atoms with Crippen LogP contribution < -0.4 is 0 Å². The Hall–Kier alpha value is -4.30. The van der Waals surface area contributed by atoms with Crippen molar-refractivity contribution in [2.24, 2.45) is 0 Å². The second-order valence-electron chi connectivity index (χ2n) is 10.5. The van der Waals surface area contributed by atoms with Gasteiger partial charge in [-0.3, -0.25) is 9.59 Å². The molecule has 0 spiro atoms. The molecule has 0 fully saturated rings. The van der Waals surface area contributed by atoms with Crippen molar-refractivity contribution < 1.29 is 54.9 Å². The van der Waals surface area contributed by atoms with Crippen LogP contribution >= 0.6 is 0 Å². The fraction of sp³-hybridized carbons (Fsp3) is 0.259. The number of hydroxylamine groups is 2. The fourth-order valence-corrected chi connectivity index (χ4v) is 4.58. The number of nitrogens with zero attached hydrogens (tertiary/aromatic N) is 1. The molecular formula is C27H22F3NO9S. The van der Waals surface area contributed by atoms with Crippen molar-refractivity contribution >= 4 is 45.5 Å². The smallest absolute Gasteiger partial charge is 0.478 e. The van der Waals surface area contributed by atoms with Crippen LogP contribution in [0.4, 0.5) is 13.2 Å². The van der Waals surface area contributed by atoms with Crippen LogP contribution in [-0.2, 0) is 29.3 Å². The second-order valence-corrected chi connectivity index (χ2v) is 12.0. The SMILES string of the molecule is CC1(OC(=O)c2cc(C(=O)O)cc(C(C)(C)C)c2)C=Cc2cccc3c2C(=C1)C(=O)N(OS(=O)(=O)C(F)(F)F)C3=O. The summed E-state index contributed by atoms with van der Waals surface area (Å²) in [5.41, 5.74) is -8.66. The Morgan fingerprint density at radius 2 is 1.63 bits per heavy atom. The number of carboxylic acids is 1. The number of imide groups is 1. The standard InChI is InChI=1S/C27H22F3NO9S/c1-25(2,3)17-11-15(23(34)35)10-16(12-17)24(36)39-26(4)9-8-14-6-5-7-18-20(14)19(13-26)22(33)31(21(18)32)40-41(37,38)27(28,29)30/h5-13H,1-4H3,(H,34,35). The molecule has 0 saturated heterocycles. The molecule has 41 heavy (non-hydrogen) atoms. The summed E-state index contributed by atoms with van der Waals surface area (Å²) in [5, 5.41) is 9.01. The van der Waals surface area contributed by atoms with E-state index in [-0.39, 0.29) is 27.8 Å². The van der Waals surface area contributed by atoms with Crippen LogP contribution in [-0.4, -0.2) is 53.4 Å². The molecule has 4 rings (SSSR count). The molecule has 1 aliphatic carbocycles. The van der Waals surface area contributed by atoms with Gasteiger partial charge in [0.05, 0.1) is 22.3 Å². The Morgan fingerprint density at radius 1 is 1.00 bits per heavy atom. The quantitative estimate of drug-likeness (QED) is 0.302. The number of rotatable bonds is 5. The predicted octanol–water partition coefficient (Wildman–Crippen LogP) is 4.47. The minimum absolute atomic E-state index is 0.0364. The van der Waals surface area contributed by atoms with Gasteiger partial charge in [0, 0.05) is 5.56 Å². The summed E-state index contributed by atoms with van der Waals surface area (Å²) in [5.74, 6) is -5.29. The summed E-state index contributed by atoms with van der Waals surface area (Å²) < 4.78 is 71.8. The lowest BCUT2D eigenvalue weighted by Crippen LogP contribution is -2.45. The van der Waals surface area contributed by atoms with E-state index in [4.69, 9.17) is 4.74 Å². The molecule has 10 nitrogen and oxygen atoms in total. The molecule has 2 aromatic carbocycles. The lowest BCUT2D eigenvalue weighted by atomic mass is 9.85. The number of hydrogen-bond acceptors (Lipinski definition) is 8. The molecule has 1 unspecified atom stereocenters. The van der Waals surface area contributed by atoms with E-state index in [1.807, 2.05) is 0 Å². The molecule has 2 aromatic rings. The topological polar surface area (TPSA) is 144 Å². The van der Waals surface area contributed by atoms with Gasteiger partial charge in [-0.1, -0.05) is 39.0 Å². The molecule has 1 N–H and O–H groups in total. The van der Waals surface area contributed by atoms with Crippen LogP contribution in [0.25, 0.3) is 11.6 Å². The van der Waals surface area contributed by atoms with Gasteiger partial charge in [-0.25, -0.2) is 9.59 Å². The third-order valence-corrected chi connectivity index (χ3v) is 7.18. The average molecular weight is 594 g/mol. The molecule has 0 saturated carbocycles. The minimum atomic E-state index is -6.40. The highest BCUT2D eigenvalue weighted by Gasteiger charge is 2.52. The largest absolute Gasteiger partial charge is 0.525 e. The van der Waals surface area contributed by atoms with Crippen LogP contribution in [0, 0.1) is 0 Å². The molecule has 1 aliphatic heterocycles. The molecule has 2 aliphatic rings. The Morgan fingerprint density at radius 3 is 2.22 bits per heavy atom. The number of benzene rings is 2. The minimum Gasteiger partial charge on any atom is -0.478 e. The maximum atomic E-state index is 13.3. The maximum absolute atomic E-state index is 13.3. The zero-order valence-electron chi connectivity index (χ0n) is 21.9. The molecule has 1 atom stereocenters. The summed E-state index contributed by atoms with van der Waals surface area (Å²) >= 11 is 0. The third kappa shape index (κ3) is 5.52. The Labute approximate surface area is 231 Å². The van der Waals surface area contributed by atoms with Gasteiger partial charge in [-0.15, -0.1) is 9.35 Å². The maximum Gasteiger partial charge on any atom is 0.525 e. The number of alkyl halides is 3. The Balaban J connectivity index is 1.80. The van der Waals surface area contributed by atoms with Gasteiger partial charge in [0.15, 0.2) is 0 Å². The summed E-state index contributed by atoms with van der Waals surface area (Å²) in [4.78, 5) is 51.1. The zero-order valence-corrected chi connectivity index (χ0v) is 22.7. The van der Waals surface area contributed by atoms with E-state index >= 15 is 0 Å². The van der Waals surface area contributed by atoms with Crippen molar-refractivity contribution in [1.29, 1.82) is 0 Å². The highest BCUT2D eigenvalue weighted by Crippen LogP contribution is 2.39. The van der Waals surface area contributed by atoms with Gasteiger partial charge >= 0.3 is 27.6 Å². The average Bonchev–Trinajstić information content (AvgIpc) is 3.01. The van der Waals surface area contributed by atoms with Crippen LogP contribution in [0.5, 0.6) is 0 Å². The molecular weight excluding hydrogens is 571 g/mol. The first kappa shape index (κ1) is 29.7. The number of halogens is 3. The van der Waals surface area contributed by atoms with E-state index in [9.17, 15) is 45.9 Å². The molecule has 0 aromatic heterocycles. The van der Waals surface area contributed by atoms with Gasteiger partial charge < -0.3 is 9.84 Å². The lowest BCUT2D eigenvalue weighted by Gasteiger charge is -2.29. The highest BCUT2D eigenvalue weighted by atomic mass is 32.2. The van der Waals surface area contributed by atoms with Crippen molar-refractivity contribution in [3.8, 4) is 0 Å². The number of amides is 2. The lowest BCUT2D eigenvalue weighted by molar-refractivity contribution is -0.144. The van der Waals surface area contributed by atoms with E-state index in [0.717, 1.165) is 18.2 Å². The van der Waals surface area contributed by atoms with Crippen LogP contribution in [0.15, 0.2) is 48.6 Å². The van der Waals surface area contributed by atoms with Gasteiger partial charge in [0.2, 0.25) is 0 Å². The van der Waals surface area contributed by atoms with Crippen molar-refractivity contribution in [3.05, 3.63) is 81.9 Å². The predicted molar refractivity (Wildman–Crippen MR) is 137 cm³/mol. The Kier molecular flexibility index (Phi) is 6.99. The second kappa shape index (κ2) is 9.66.